The number of rotatable bonds is 7. The van der Waals surface area contributed by atoms with E-state index in [4.69, 9.17) is 4.74 Å². The lowest BCUT2D eigenvalue weighted by atomic mass is 9.97. The molecule has 150 valence electrons. The van der Waals surface area contributed by atoms with E-state index < -0.39 is 0 Å². The number of methoxy groups -OCH3 is 1. The molecule has 5 nitrogen and oxygen atoms in total. The predicted octanol–water partition coefficient (Wildman–Crippen LogP) is 3.97. The van der Waals surface area contributed by atoms with E-state index in [9.17, 15) is 4.79 Å². The zero-order valence-electron chi connectivity index (χ0n) is 17.1. The minimum atomic E-state index is 0.0607. The molecule has 2 aromatic carbocycles. The summed E-state index contributed by atoms with van der Waals surface area (Å²) in [4.78, 5) is 17.2. The lowest BCUT2D eigenvalue weighted by molar-refractivity contribution is -0.117. The Bertz CT molecular complexity index is 785. The molecule has 1 N–H and O–H groups in total. The number of carbonyl (C=O) groups is 1. The average molecular weight is 382 g/mol. The summed E-state index contributed by atoms with van der Waals surface area (Å²) in [5, 5.41) is 3.12. The molecule has 1 amide bonds. The first-order chi connectivity index (χ1) is 13.6. The maximum atomic E-state index is 12.6. The van der Waals surface area contributed by atoms with E-state index in [1.807, 2.05) is 30.3 Å². The first-order valence-electron chi connectivity index (χ1n) is 10.1. The number of para-hydroxylation sites is 1. The minimum absolute atomic E-state index is 0.0607. The van der Waals surface area contributed by atoms with Crippen molar-refractivity contribution in [3.8, 4) is 5.75 Å². The van der Waals surface area contributed by atoms with Crippen molar-refractivity contribution in [1.29, 1.82) is 0 Å². The SMILES string of the molecule is CC[C@@H](C)c1ccccc1NC(=O)CN1CCN(c2cccc(OC)c2)CC1. The highest BCUT2D eigenvalue weighted by Gasteiger charge is 2.20. The Labute approximate surface area is 168 Å². The molecule has 0 radical (unpaired) electrons. The molecule has 2 aromatic rings. The number of nitrogens with zero attached hydrogens (tertiary/aromatic N) is 2. The number of carbonyl (C=O) groups excluding carboxylic acids is 1. The van der Waals surface area contributed by atoms with Crippen LogP contribution in [0.25, 0.3) is 0 Å². The van der Waals surface area contributed by atoms with Gasteiger partial charge in [-0.25, -0.2) is 0 Å². The minimum Gasteiger partial charge on any atom is -0.497 e. The standard InChI is InChI=1S/C23H31N3O2/c1-4-18(2)21-10-5-6-11-22(21)24-23(27)17-25-12-14-26(15-13-25)19-8-7-9-20(16-19)28-3/h5-11,16,18H,4,12-15,17H2,1-3H3,(H,24,27)/t18-/m1/s1. The zero-order valence-corrected chi connectivity index (χ0v) is 17.1. The molecule has 0 aromatic heterocycles. The van der Waals surface area contributed by atoms with Crippen molar-refractivity contribution < 1.29 is 9.53 Å². The monoisotopic (exact) mass is 381 g/mol. The van der Waals surface area contributed by atoms with Crippen LogP contribution >= 0.6 is 0 Å². The molecule has 5 heteroatoms. The zero-order chi connectivity index (χ0) is 19.9. The van der Waals surface area contributed by atoms with Crippen molar-refractivity contribution in [1.82, 2.24) is 4.90 Å². The molecule has 0 unspecified atom stereocenters. The number of anilines is 2. The highest BCUT2D eigenvalue weighted by Crippen LogP contribution is 2.26. The van der Waals surface area contributed by atoms with Crippen molar-refractivity contribution in [2.75, 3.05) is 50.1 Å². The summed E-state index contributed by atoms with van der Waals surface area (Å²) in [5.41, 5.74) is 3.32. The van der Waals surface area contributed by atoms with E-state index in [1.54, 1.807) is 7.11 Å². The predicted molar refractivity (Wildman–Crippen MR) is 115 cm³/mol. The van der Waals surface area contributed by atoms with Crippen LogP contribution in [0.2, 0.25) is 0 Å². The van der Waals surface area contributed by atoms with Gasteiger partial charge in [0.15, 0.2) is 0 Å². The molecule has 1 heterocycles. The number of benzene rings is 2. The Balaban J connectivity index is 1.53. The van der Waals surface area contributed by atoms with Crippen LogP contribution in [0, 0.1) is 0 Å². The second-order valence-corrected chi connectivity index (χ2v) is 7.41. The first kappa shape index (κ1) is 20.2. The second kappa shape index (κ2) is 9.60. The van der Waals surface area contributed by atoms with Gasteiger partial charge in [-0.15, -0.1) is 0 Å². The van der Waals surface area contributed by atoms with Crippen LogP contribution in [0.3, 0.4) is 0 Å². The molecule has 0 bridgehead atoms. The number of amides is 1. The molecule has 1 fully saturated rings. The molecule has 1 atom stereocenters. The highest BCUT2D eigenvalue weighted by molar-refractivity contribution is 5.93. The van der Waals surface area contributed by atoms with Gasteiger partial charge in [0.05, 0.1) is 13.7 Å². The molecular formula is C23H31N3O2. The number of ether oxygens (including phenoxy) is 1. The van der Waals surface area contributed by atoms with Gasteiger partial charge in [0, 0.05) is 43.6 Å². The summed E-state index contributed by atoms with van der Waals surface area (Å²) in [6.07, 6.45) is 1.05. The fourth-order valence-corrected chi connectivity index (χ4v) is 3.62. The number of nitrogens with one attached hydrogen (secondary N) is 1. The van der Waals surface area contributed by atoms with Crippen LogP contribution in [0.1, 0.15) is 31.7 Å². The molecule has 1 saturated heterocycles. The van der Waals surface area contributed by atoms with Crippen LogP contribution < -0.4 is 15.0 Å². The molecular weight excluding hydrogens is 350 g/mol. The van der Waals surface area contributed by atoms with E-state index in [1.165, 1.54) is 11.3 Å². The van der Waals surface area contributed by atoms with Crippen molar-refractivity contribution in [3.63, 3.8) is 0 Å². The van der Waals surface area contributed by atoms with Crippen molar-refractivity contribution >= 4 is 17.3 Å². The van der Waals surface area contributed by atoms with Gasteiger partial charge in [0.2, 0.25) is 5.91 Å². The molecule has 1 aliphatic rings. The molecule has 0 spiro atoms. The second-order valence-electron chi connectivity index (χ2n) is 7.41. The van der Waals surface area contributed by atoms with Crippen molar-refractivity contribution in [2.24, 2.45) is 0 Å². The smallest absolute Gasteiger partial charge is 0.238 e. The third-order valence-corrected chi connectivity index (χ3v) is 5.54. The van der Waals surface area contributed by atoms with Crippen LogP contribution in [0.15, 0.2) is 48.5 Å². The van der Waals surface area contributed by atoms with Gasteiger partial charge in [-0.05, 0) is 36.1 Å². The maximum Gasteiger partial charge on any atom is 0.238 e. The Kier molecular flexibility index (Phi) is 6.93. The van der Waals surface area contributed by atoms with Crippen LogP contribution in [0.5, 0.6) is 5.75 Å². The van der Waals surface area contributed by atoms with Gasteiger partial charge < -0.3 is 15.0 Å². The lowest BCUT2D eigenvalue weighted by Crippen LogP contribution is -2.48. The van der Waals surface area contributed by atoms with Gasteiger partial charge in [-0.3, -0.25) is 9.69 Å². The van der Waals surface area contributed by atoms with E-state index >= 15 is 0 Å². The highest BCUT2D eigenvalue weighted by atomic mass is 16.5. The van der Waals surface area contributed by atoms with Crippen molar-refractivity contribution in [2.45, 2.75) is 26.2 Å². The van der Waals surface area contributed by atoms with Crippen molar-refractivity contribution in [3.05, 3.63) is 54.1 Å². The van der Waals surface area contributed by atoms with E-state index in [0.29, 0.717) is 12.5 Å². The summed E-state index contributed by atoms with van der Waals surface area (Å²) in [7, 11) is 1.69. The summed E-state index contributed by atoms with van der Waals surface area (Å²) < 4.78 is 5.32. The first-order valence-corrected chi connectivity index (χ1v) is 10.1. The normalized spacial score (nSPS) is 15.9. The number of hydrogen-bond acceptors (Lipinski definition) is 4. The lowest BCUT2D eigenvalue weighted by Gasteiger charge is -2.35. The summed E-state index contributed by atoms with van der Waals surface area (Å²) >= 11 is 0. The summed E-state index contributed by atoms with van der Waals surface area (Å²) in [6.45, 7) is 8.36. The molecule has 0 aliphatic carbocycles. The third-order valence-electron chi connectivity index (χ3n) is 5.54. The van der Waals surface area contributed by atoms with E-state index in [2.05, 4.69) is 47.2 Å². The van der Waals surface area contributed by atoms with Gasteiger partial charge in [0.1, 0.15) is 5.75 Å². The average Bonchev–Trinajstić information content (AvgIpc) is 2.74. The van der Waals surface area contributed by atoms with Crippen LogP contribution in [-0.2, 0) is 4.79 Å². The number of piperazine rings is 1. The topological polar surface area (TPSA) is 44.8 Å². The summed E-state index contributed by atoms with van der Waals surface area (Å²) in [5.74, 6) is 1.37. The molecule has 0 saturated carbocycles. The Hall–Kier alpha value is -2.53. The summed E-state index contributed by atoms with van der Waals surface area (Å²) in [6, 6.07) is 16.3. The quantitative estimate of drug-likeness (QED) is 0.788. The van der Waals surface area contributed by atoms with E-state index in [0.717, 1.165) is 44.0 Å². The molecule has 28 heavy (non-hydrogen) atoms. The fraction of sp³-hybridized carbons (Fsp3) is 0.435. The van der Waals surface area contributed by atoms with Gasteiger partial charge in [-0.1, -0.05) is 38.1 Å². The van der Waals surface area contributed by atoms with Gasteiger partial charge in [0.25, 0.3) is 0 Å². The third kappa shape index (κ3) is 5.04. The van der Waals surface area contributed by atoms with Crippen LogP contribution in [0.4, 0.5) is 11.4 Å². The van der Waals surface area contributed by atoms with Gasteiger partial charge >= 0.3 is 0 Å². The maximum absolute atomic E-state index is 12.6. The fourth-order valence-electron chi connectivity index (χ4n) is 3.62. The molecule has 3 rings (SSSR count). The molecule has 1 aliphatic heterocycles. The number of hydrogen-bond donors (Lipinski definition) is 1. The largest absolute Gasteiger partial charge is 0.497 e. The Morgan fingerprint density at radius 2 is 1.86 bits per heavy atom. The van der Waals surface area contributed by atoms with Gasteiger partial charge in [-0.2, -0.15) is 0 Å². The Morgan fingerprint density at radius 3 is 2.57 bits per heavy atom. The Morgan fingerprint density at radius 1 is 1.11 bits per heavy atom. The van der Waals surface area contributed by atoms with E-state index in [-0.39, 0.29) is 5.91 Å². The van der Waals surface area contributed by atoms with Crippen LogP contribution in [-0.4, -0.2) is 50.6 Å².